The summed E-state index contributed by atoms with van der Waals surface area (Å²) in [6, 6.07) is 6.18. The van der Waals surface area contributed by atoms with Crippen molar-refractivity contribution < 1.29 is 28.6 Å². The van der Waals surface area contributed by atoms with Crippen molar-refractivity contribution in [2.45, 2.75) is 32.7 Å². The van der Waals surface area contributed by atoms with Crippen LogP contribution in [0.15, 0.2) is 35.5 Å². The lowest BCUT2D eigenvalue weighted by molar-refractivity contribution is -0.150. The number of rotatable bonds is 8. The smallest absolute Gasteiger partial charge is 0.338 e. The van der Waals surface area contributed by atoms with Crippen LogP contribution in [0.2, 0.25) is 0 Å². The normalized spacial score (nSPS) is 21.4. The van der Waals surface area contributed by atoms with Gasteiger partial charge >= 0.3 is 18.0 Å². The van der Waals surface area contributed by atoms with E-state index in [4.69, 9.17) is 14.2 Å². The van der Waals surface area contributed by atoms with Crippen molar-refractivity contribution in [3.05, 3.63) is 41.1 Å². The summed E-state index contributed by atoms with van der Waals surface area (Å²) in [6.45, 7) is 6.16. The summed E-state index contributed by atoms with van der Waals surface area (Å²) in [5.74, 6) is -0.241. The molecule has 0 aliphatic carbocycles. The number of nitrogens with one attached hydrogen (secondary N) is 2. The lowest BCUT2D eigenvalue weighted by Gasteiger charge is -2.35. The number of amides is 2. The Morgan fingerprint density at radius 1 is 1.16 bits per heavy atom. The van der Waals surface area contributed by atoms with Gasteiger partial charge < -0.3 is 24.8 Å². The minimum atomic E-state index is -0.660. The molecule has 2 N–H and O–H groups in total. The number of urea groups is 1. The minimum absolute atomic E-state index is 0.207. The van der Waals surface area contributed by atoms with Crippen LogP contribution < -0.4 is 15.4 Å². The van der Waals surface area contributed by atoms with E-state index >= 15 is 0 Å². The Labute approximate surface area is 188 Å². The van der Waals surface area contributed by atoms with E-state index in [1.165, 1.54) is 7.11 Å². The Hall–Kier alpha value is -3.07. The molecule has 2 amide bonds. The summed E-state index contributed by atoms with van der Waals surface area (Å²) in [5.41, 5.74) is 1.56. The molecule has 2 unspecified atom stereocenters. The van der Waals surface area contributed by atoms with E-state index in [0.29, 0.717) is 43.3 Å². The summed E-state index contributed by atoms with van der Waals surface area (Å²) in [5, 5.41) is 5.59. The number of methoxy groups -OCH3 is 1. The summed E-state index contributed by atoms with van der Waals surface area (Å²) in [4.78, 5) is 39.5. The van der Waals surface area contributed by atoms with E-state index in [-0.39, 0.29) is 11.9 Å². The maximum absolute atomic E-state index is 12.7. The molecule has 1 fully saturated rings. The number of carbonyl (C=O) groups is 3. The molecule has 1 aromatic carbocycles. The van der Waals surface area contributed by atoms with Gasteiger partial charge in [-0.2, -0.15) is 0 Å². The van der Waals surface area contributed by atoms with Gasteiger partial charge in [0.2, 0.25) is 0 Å². The molecule has 0 spiro atoms. The first-order valence-electron chi connectivity index (χ1n) is 11.0. The molecule has 2 aliphatic rings. The predicted octanol–water partition coefficient (Wildman–Crippen LogP) is 2.14. The van der Waals surface area contributed by atoms with Crippen LogP contribution in [0.1, 0.15) is 38.3 Å². The molecule has 9 heteroatoms. The van der Waals surface area contributed by atoms with Crippen molar-refractivity contribution in [1.29, 1.82) is 0 Å². The first kappa shape index (κ1) is 23.6. The first-order chi connectivity index (χ1) is 15.5. The van der Waals surface area contributed by atoms with Crippen LogP contribution in [0.3, 0.4) is 0 Å². The van der Waals surface area contributed by atoms with Gasteiger partial charge in [0.05, 0.1) is 37.9 Å². The van der Waals surface area contributed by atoms with E-state index in [1.54, 1.807) is 19.1 Å². The summed E-state index contributed by atoms with van der Waals surface area (Å²) in [7, 11) is 1.32. The SMILES string of the molecule is CCOC(=O)C1CCCN(CC2=C(C(=O)OC)C(c3ccc(OCC)cc3)NC(=O)N2)C1. The summed E-state index contributed by atoms with van der Waals surface area (Å²) in [6.07, 6.45) is 1.60. The van der Waals surface area contributed by atoms with Crippen LogP contribution in [0.4, 0.5) is 4.79 Å². The van der Waals surface area contributed by atoms with Gasteiger partial charge in [-0.25, -0.2) is 9.59 Å². The van der Waals surface area contributed by atoms with Crippen LogP contribution in [-0.4, -0.2) is 62.8 Å². The molecule has 0 saturated carbocycles. The van der Waals surface area contributed by atoms with Crippen LogP contribution in [0, 0.1) is 5.92 Å². The quantitative estimate of drug-likeness (QED) is 0.591. The highest BCUT2D eigenvalue weighted by Gasteiger charge is 2.35. The molecule has 1 saturated heterocycles. The van der Waals surface area contributed by atoms with E-state index in [0.717, 1.165) is 24.9 Å². The molecule has 2 heterocycles. The number of ether oxygens (including phenoxy) is 3. The highest BCUT2D eigenvalue weighted by Crippen LogP contribution is 2.30. The van der Waals surface area contributed by atoms with Gasteiger partial charge in [0.15, 0.2) is 0 Å². The fourth-order valence-corrected chi connectivity index (χ4v) is 4.14. The molecular weight excluding hydrogens is 414 g/mol. The lowest BCUT2D eigenvalue weighted by atomic mass is 9.94. The molecule has 0 aromatic heterocycles. The second-order valence-corrected chi connectivity index (χ2v) is 7.74. The van der Waals surface area contributed by atoms with Gasteiger partial charge in [0.25, 0.3) is 0 Å². The molecule has 3 rings (SSSR count). The largest absolute Gasteiger partial charge is 0.494 e. The van der Waals surface area contributed by atoms with Crippen molar-refractivity contribution in [2.24, 2.45) is 5.92 Å². The average molecular weight is 446 g/mol. The second-order valence-electron chi connectivity index (χ2n) is 7.74. The molecule has 0 bridgehead atoms. The van der Waals surface area contributed by atoms with E-state index in [2.05, 4.69) is 15.5 Å². The maximum atomic E-state index is 12.7. The average Bonchev–Trinajstić information content (AvgIpc) is 2.79. The van der Waals surface area contributed by atoms with Crippen molar-refractivity contribution in [3.8, 4) is 5.75 Å². The molecule has 9 nitrogen and oxygen atoms in total. The van der Waals surface area contributed by atoms with Crippen LogP contribution >= 0.6 is 0 Å². The van der Waals surface area contributed by atoms with Crippen molar-refractivity contribution in [2.75, 3.05) is 40.0 Å². The van der Waals surface area contributed by atoms with Crippen molar-refractivity contribution in [3.63, 3.8) is 0 Å². The molecule has 0 radical (unpaired) electrons. The third-order valence-electron chi connectivity index (χ3n) is 5.59. The van der Waals surface area contributed by atoms with E-state index in [1.807, 2.05) is 19.1 Å². The predicted molar refractivity (Wildman–Crippen MR) is 117 cm³/mol. The third kappa shape index (κ3) is 5.59. The van der Waals surface area contributed by atoms with E-state index < -0.39 is 18.0 Å². The summed E-state index contributed by atoms with van der Waals surface area (Å²) < 4.78 is 15.7. The van der Waals surface area contributed by atoms with Gasteiger partial charge in [-0.3, -0.25) is 9.69 Å². The Morgan fingerprint density at radius 3 is 2.56 bits per heavy atom. The molecule has 2 atom stereocenters. The zero-order valence-corrected chi connectivity index (χ0v) is 18.8. The zero-order chi connectivity index (χ0) is 23.1. The molecule has 2 aliphatic heterocycles. The fraction of sp³-hybridized carbons (Fsp3) is 0.522. The number of likely N-dealkylation sites (tertiary alicyclic amines) is 1. The number of nitrogens with zero attached hydrogens (tertiary/aromatic N) is 1. The van der Waals surface area contributed by atoms with Crippen LogP contribution in [0.5, 0.6) is 5.75 Å². The minimum Gasteiger partial charge on any atom is -0.494 e. The third-order valence-corrected chi connectivity index (χ3v) is 5.59. The van der Waals surface area contributed by atoms with Gasteiger partial charge in [-0.05, 0) is 50.9 Å². The summed E-state index contributed by atoms with van der Waals surface area (Å²) >= 11 is 0. The van der Waals surface area contributed by atoms with Gasteiger partial charge in [0.1, 0.15) is 5.75 Å². The molecular formula is C23H31N3O6. The number of esters is 2. The van der Waals surface area contributed by atoms with Crippen molar-refractivity contribution >= 4 is 18.0 Å². The Morgan fingerprint density at radius 2 is 1.91 bits per heavy atom. The fourth-order valence-electron chi connectivity index (χ4n) is 4.14. The molecule has 1 aromatic rings. The van der Waals surface area contributed by atoms with Crippen LogP contribution in [0.25, 0.3) is 0 Å². The number of piperidine rings is 1. The standard InChI is InChI=1S/C23H31N3O6/c1-4-31-17-10-8-15(9-11-17)20-19(22(28)30-3)18(24-23(29)25-20)14-26-12-6-7-16(13-26)21(27)32-5-2/h8-11,16,20H,4-7,12-14H2,1-3H3,(H2,24,25,29). The van der Waals surface area contributed by atoms with Gasteiger partial charge in [0, 0.05) is 18.8 Å². The first-order valence-corrected chi connectivity index (χ1v) is 11.0. The second kappa shape index (κ2) is 11.0. The van der Waals surface area contributed by atoms with E-state index in [9.17, 15) is 14.4 Å². The van der Waals surface area contributed by atoms with Gasteiger partial charge in [-0.15, -0.1) is 0 Å². The Bertz CT molecular complexity index is 867. The lowest BCUT2D eigenvalue weighted by Crippen LogP contribution is -2.49. The topological polar surface area (TPSA) is 106 Å². The molecule has 174 valence electrons. The number of hydrogen-bond acceptors (Lipinski definition) is 7. The number of benzene rings is 1. The highest BCUT2D eigenvalue weighted by molar-refractivity contribution is 5.95. The van der Waals surface area contributed by atoms with Gasteiger partial charge in [-0.1, -0.05) is 12.1 Å². The highest BCUT2D eigenvalue weighted by atomic mass is 16.5. The Kier molecular flexibility index (Phi) is 8.10. The number of carbonyl (C=O) groups excluding carboxylic acids is 3. The Balaban J connectivity index is 1.87. The maximum Gasteiger partial charge on any atom is 0.338 e. The van der Waals surface area contributed by atoms with Crippen molar-refractivity contribution in [1.82, 2.24) is 15.5 Å². The zero-order valence-electron chi connectivity index (χ0n) is 18.8. The molecule has 32 heavy (non-hydrogen) atoms. The monoisotopic (exact) mass is 445 g/mol. The number of hydrogen-bond donors (Lipinski definition) is 2. The van der Waals surface area contributed by atoms with Crippen LogP contribution in [-0.2, 0) is 19.1 Å².